The normalized spacial score (nSPS) is 10.2. The van der Waals surface area contributed by atoms with Crippen LogP contribution in [0.15, 0.2) is 42.5 Å². The number of rotatable bonds is 3. The number of hydrogen-bond acceptors (Lipinski definition) is 4. The van der Waals surface area contributed by atoms with Crippen molar-refractivity contribution in [1.29, 1.82) is 0 Å². The highest BCUT2D eigenvalue weighted by atomic mass is 35.5. The molecule has 0 bridgehead atoms. The van der Waals surface area contributed by atoms with Gasteiger partial charge in [0.2, 0.25) is 0 Å². The van der Waals surface area contributed by atoms with Crippen LogP contribution in [0.3, 0.4) is 0 Å². The molecule has 2 rings (SSSR count). The Hall–Kier alpha value is -2.33. The van der Waals surface area contributed by atoms with Crippen LogP contribution in [0.5, 0.6) is 11.5 Å². The zero-order valence-electron chi connectivity index (χ0n) is 11.6. The second-order valence-electron chi connectivity index (χ2n) is 4.49. The highest BCUT2D eigenvalue weighted by Crippen LogP contribution is 2.39. The second kappa shape index (κ2) is 5.97. The summed E-state index contributed by atoms with van der Waals surface area (Å²) >= 11 is 6.14. The molecule has 0 spiro atoms. The third-order valence-electron chi connectivity index (χ3n) is 2.71. The van der Waals surface area contributed by atoms with Crippen molar-refractivity contribution in [3.63, 3.8) is 0 Å². The molecule has 0 saturated carbocycles. The van der Waals surface area contributed by atoms with E-state index in [1.807, 2.05) is 0 Å². The maximum Gasteiger partial charge on any atom is 0.338 e. The molecular weight excluding hydrogens is 292 g/mol. The molecule has 0 fully saturated rings. The first-order valence-corrected chi connectivity index (χ1v) is 6.55. The lowest BCUT2D eigenvalue weighted by Gasteiger charge is -2.13. The van der Waals surface area contributed by atoms with Crippen LogP contribution in [0.2, 0.25) is 5.02 Å². The highest BCUT2D eigenvalue weighted by molar-refractivity contribution is 6.34. The van der Waals surface area contributed by atoms with Crippen LogP contribution in [0, 0.1) is 0 Å². The number of ether oxygens (including phenoxy) is 2. The van der Waals surface area contributed by atoms with Crippen molar-refractivity contribution in [2.24, 2.45) is 0 Å². The largest absolute Gasteiger partial charge is 0.426 e. The second-order valence-corrected chi connectivity index (χ2v) is 4.90. The summed E-state index contributed by atoms with van der Waals surface area (Å²) in [5, 5.41) is 1.39. The fraction of sp³-hybridized carbons (Fsp3) is 0.125. The number of carbonyl (C=O) groups is 2. The topological polar surface area (TPSA) is 52.6 Å². The lowest BCUT2D eigenvalue weighted by molar-refractivity contribution is -0.132. The molecule has 0 N–H and O–H groups in total. The van der Waals surface area contributed by atoms with Crippen molar-refractivity contribution < 1.29 is 19.1 Å². The molecular formula is C16H13ClO4. The predicted octanol–water partition coefficient (Wildman–Crippen LogP) is 3.90. The molecule has 0 heterocycles. The van der Waals surface area contributed by atoms with Gasteiger partial charge in [0.25, 0.3) is 0 Å². The van der Waals surface area contributed by atoms with E-state index in [0.29, 0.717) is 16.5 Å². The van der Waals surface area contributed by atoms with Crippen molar-refractivity contribution in [2.45, 2.75) is 13.8 Å². The Morgan fingerprint density at radius 2 is 1.71 bits per heavy atom. The number of halogens is 1. The Labute approximate surface area is 126 Å². The van der Waals surface area contributed by atoms with E-state index in [1.165, 1.54) is 13.0 Å². The molecule has 5 heteroatoms. The van der Waals surface area contributed by atoms with Crippen LogP contribution >= 0.6 is 11.6 Å². The van der Waals surface area contributed by atoms with Crippen LogP contribution in [0.25, 0.3) is 10.8 Å². The average molecular weight is 305 g/mol. The Morgan fingerprint density at radius 1 is 1.10 bits per heavy atom. The first-order valence-electron chi connectivity index (χ1n) is 6.17. The SMILES string of the molecule is C=C(C)C(=O)Oc1c(Cl)cc(OC(C)=O)c2ccccc12. The van der Waals surface area contributed by atoms with Gasteiger partial charge in [0.1, 0.15) is 5.75 Å². The van der Waals surface area contributed by atoms with Gasteiger partial charge in [0, 0.05) is 29.3 Å². The maximum absolute atomic E-state index is 11.7. The fourth-order valence-corrected chi connectivity index (χ4v) is 2.05. The van der Waals surface area contributed by atoms with Crippen LogP contribution in [0.1, 0.15) is 13.8 Å². The molecule has 0 amide bonds. The van der Waals surface area contributed by atoms with Gasteiger partial charge in [0.05, 0.1) is 5.02 Å². The van der Waals surface area contributed by atoms with Gasteiger partial charge in [-0.25, -0.2) is 4.79 Å². The summed E-state index contributed by atoms with van der Waals surface area (Å²) in [5.41, 5.74) is 0.263. The third-order valence-corrected chi connectivity index (χ3v) is 2.99. The molecule has 0 atom stereocenters. The summed E-state index contributed by atoms with van der Waals surface area (Å²) in [6.07, 6.45) is 0. The van der Waals surface area contributed by atoms with Crippen LogP contribution in [-0.4, -0.2) is 11.9 Å². The van der Waals surface area contributed by atoms with Gasteiger partial charge in [-0.2, -0.15) is 0 Å². The molecule has 0 aromatic heterocycles. The van der Waals surface area contributed by atoms with Crippen LogP contribution in [-0.2, 0) is 9.59 Å². The van der Waals surface area contributed by atoms with E-state index >= 15 is 0 Å². The lowest BCUT2D eigenvalue weighted by atomic mass is 10.1. The molecule has 108 valence electrons. The fourth-order valence-electron chi connectivity index (χ4n) is 1.81. The Bertz CT molecular complexity index is 749. The number of carbonyl (C=O) groups excluding carboxylic acids is 2. The molecule has 0 unspecified atom stereocenters. The lowest BCUT2D eigenvalue weighted by Crippen LogP contribution is -2.09. The first-order chi connectivity index (χ1) is 9.90. The first kappa shape index (κ1) is 15.1. The van der Waals surface area contributed by atoms with E-state index in [4.69, 9.17) is 21.1 Å². The summed E-state index contributed by atoms with van der Waals surface area (Å²) in [6, 6.07) is 8.49. The molecule has 0 aliphatic heterocycles. The molecule has 2 aromatic rings. The Kier molecular flexibility index (Phi) is 4.29. The summed E-state index contributed by atoms with van der Waals surface area (Å²) < 4.78 is 10.4. The summed E-state index contributed by atoms with van der Waals surface area (Å²) in [5.74, 6) is -0.486. The third kappa shape index (κ3) is 3.23. The van der Waals surface area contributed by atoms with Gasteiger partial charge < -0.3 is 9.47 Å². The van der Waals surface area contributed by atoms with Gasteiger partial charge in [-0.3, -0.25) is 4.79 Å². The van der Waals surface area contributed by atoms with Crippen molar-refractivity contribution >= 4 is 34.3 Å². The smallest absolute Gasteiger partial charge is 0.338 e. The number of esters is 2. The number of benzene rings is 2. The molecule has 2 aromatic carbocycles. The Balaban J connectivity index is 2.62. The van der Waals surface area contributed by atoms with Crippen LogP contribution < -0.4 is 9.47 Å². The van der Waals surface area contributed by atoms with Gasteiger partial charge in [-0.05, 0) is 6.92 Å². The molecule has 0 radical (unpaired) electrons. The maximum atomic E-state index is 11.7. The zero-order valence-corrected chi connectivity index (χ0v) is 12.4. The van der Waals surface area contributed by atoms with E-state index in [0.717, 1.165) is 0 Å². The molecule has 0 saturated heterocycles. The summed E-state index contributed by atoms with van der Waals surface area (Å²) in [4.78, 5) is 22.9. The van der Waals surface area contributed by atoms with Gasteiger partial charge in [0.15, 0.2) is 5.75 Å². The molecule has 0 aliphatic rings. The van der Waals surface area contributed by atoms with Gasteiger partial charge in [-0.15, -0.1) is 0 Å². The highest BCUT2D eigenvalue weighted by Gasteiger charge is 2.17. The quantitative estimate of drug-likeness (QED) is 0.490. The van der Waals surface area contributed by atoms with Crippen molar-refractivity contribution in [3.05, 3.63) is 47.5 Å². The average Bonchev–Trinajstić information content (AvgIpc) is 2.42. The summed E-state index contributed by atoms with van der Waals surface area (Å²) in [6.45, 7) is 6.38. The number of hydrogen-bond donors (Lipinski definition) is 0. The van der Waals surface area contributed by atoms with E-state index < -0.39 is 11.9 Å². The molecule has 21 heavy (non-hydrogen) atoms. The van der Waals surface area contributed by atoms with Crippen molar-refractivity contribution in [2.75, 3.05) is 0 Å². The van der Waals surface area contributed by atoms with Crippen molar-refractivity contribution in [1.82, 2.24) is 0 Å². The van der Waals surface area contributed by atoms with E-state index in [2.05, 4.69) is 6.58 Å². The minimum atomic E-state index is -0.567. The summed E-state index contributed by atoms with van der Waals surface area (Å²) in [7, 11) is 0. The predicted molar refractivity (Wildman–Crippen MR) is 80.7 cm³/mol. The standard InChI is InChI=1S/C16H13ClO4/c1-9(2)16(19)21-15-12-7-5-4-6-11(12)14(8-13(15)17)20-10(3)18/h4-8H,1H2,2-3H3. The van der Waals surface area contributed by atoms with E-state index in [9.17, 15) is 9.59 Å². The van der Waals surface area contributed by atoms with Crippen molar-refractivity contribution in [3.8, 4) is 11.5 Å². The molecule has 4 nitrogen and oxygen atoms in total. The van der Waals surface area contributed by atoms with Gasteiger partial charge in [-0.1, -0.05) is 42.4 Å². The Morgan fingerprint density at radius 3 is 2.29 bits per heavy atom. The monoisotopic (exact) mass is 304 g/mol. The number of fused-ring (bicyclic) bond motifs is 1. The van der Waals surface area contributed by atoms with Gasteiger partial charge >= 0.3 is 11.9 Å². The van der Waals surface area contributed by atoms with E-state index in [-0.39, 0.29) is 16.3 Å². The van der Waals surface area contributed by atoms with E-state index in [1.54, 1.807) is 31.2 Å². The minimum Gasteiger partial charge on any atom is -0.426 e. The minimum absolute atomic E-state index is 0.180. The zero-order chi connectivity index (χ0) is 15.6. The van der Waals surface area contributed by atoms with Crippen LogP contribution in [0.4, 0.5) is 0 Å². The molecule has 0 aliphatic carbocycles.